The first-order valence-electron chi connectivity index (χ1n) is 8.03. The topological polar surface area (TPSA) is 64.0 Å². The van der Waals surface area contributed by atoms with Gasteiger partial charge in [0.25, 0.3) is 0 Å². The first-order chi connectivity index (χ1) is 11.2. The summed E-state index contributed by atoms with van der Waals surface area (Å²) in [5, 5.41) is 2.85. The Morgan fingerprint density at radius 2 is 1.96 bits per heavy atom. The number of rotatable bonds is 9. The summed E-state index contributed by atoms with van der Waals surface area (Å²) in [5.41, 5.74) is 1.88. The van der Waals surface area contributed by atoms with Crippen LogP contribution in [0.1, 0.15) is 42.1 Å². The van der Waals surface area contributed by atoms with Crippen molar-refractivity contribution >= 4 is 11.7 Å². The van der Waals surface area contributed by atoms with Crippen LogP contribution in [0.4, 0.5) is 0 Å². The zero-order chi connectivity index (χ0) is 16.5. The molecular weight excluding hydrogens is 290 g/mol. The SMILES string of the molecule is CCc1ccc(C(=O)CCC(=O)NCCCn2ccnc2)cc1. The van der Waals surface area contributed by atoms with Gasteiger partial charge in [-0.05, 0) is 18.4 Å². The van der Waals surface area contributed by atoms with Crippen molar-refractivity contribution in [3.8, 4) is 0 Å². The Morgan fingerprint density at radius 1 is 1.17 bits per heavy atom. The largest absolute Gasteiger partial charge is 0.356 e. The number of amides is 1. The van der Waals surface area contributed by atoms with Crippen LogP contribution in [0.3, 0.4) is 0 Å². The second-order valence-electron chi connectivity index (χ2n) is 5.48. The molecule has 0 aliphatic heterocycles. The van der Waals surface area contributed by atoms with Crippen molar-refractivity contribution in [2.45, 2.75) is 39.2 Å². The van der Waals surface area contributed by atoms with Crippen LogP contribution in [0.15, 0.2) is 43.0 Å². The van der Waals surface area contributed by atoms with E-state index < -0.39 is 0 Å². The molecule has 1 heterocycles. The van der Waals surface area contributed by atoms with Gasteiger partial charge in [0.15, 0.2) is 5.78 Å². The number of aryl methyl sites for hydroxylation is 2. The fourth-order valence-corrected chi connectivity index (χ4v) is 2.29. The Labute approximate surface area is 136 Å². The van der Waals surface area contributed by atoms with E-state index in [1.165, 1.54) is 5.56 Å². The molecule has 2 rings (SSSR count). The van der Waals surface area contributed by atoms with Crippen molar-refractivity contribution in [2.24, 2.45) is 0 Å². The molecule has 0 saturated carbocycles. The normalized spacial score (nSPS) is 10.5. The van der Waals surface area contributed by atoms with Crippen molar-refractivity contribution < 1.29 is 9.59 Å². The molecule has 23 heavy (non-hydrogen) atoms. The number of aromatic nitrogens is 2. The minimum absolute atomic E-state index is 0.0150. The number of carbonyl (C=O) groups is 2. The molecule has 1 aromatic heterocycles. The van der Waals surface area contributed by atoms with E-state index in [1.807, 2.05) is 35.0 Å². The lowest BCUT2D eigenvalue weighted by Gasteiger charge is -2.06. The molecule has 1 N–H and O–H groups in total. The average Bonchev–Trinajstić information content (AvgIpc) is 3.10. The van der Waals surface area contributed by atoms with Crippen LogP contribution in [0.25, 0.3) is 0 Å². The lowest BCUT2D eigenvalue weighted by Crippen LogP contribution is -2.25. The molecule has 0 aliphatic rings. The van der Waals surface area contributed by atoms with Crippen molar-refractivity contribution in [3.05, 3.63) is 54.1 Å². The number of nitrogens with one attached hydrogen (secondary N) is 1. The summed E-state index contributed by atoms with van der Waals surface area (Å²) in [6.07, 6.45) is 7.66. The molecule has 1 amide bonds. The predicted molar refractivity (Wildman–Crippen MR) is 89.2 cm³/mol. The van der Waals surface area contributed by atoms with Crippen LogP contribution < -0.4 is 5.32 Å². The summed E-state index contributed by atoms with van der Waals surface area (Å²) >= 11 is 0. The molecule has 0 aliphatic carbocycles. The van der Waals surface area contributed by atoms with E-state index in [1.54, 1.807) is 12.5 Å². The summed E-state index contributed by atoms with van der Waals surface area (Å²) in [4.78, 5) is 27.8. The quantitative estimate of drug-likeness (QED) is 0.572. The van der Waals surface area contributed by atoms with E-state index in [0.717, 1.165) is 19.4 Å². The summed E-state index contributed by atoms with van der Waals surface area (Å²) < 4.78 is 1.97. The van der Waals surface area contributed by atoms with Crippen molar-refractivity contribution in [1.29, 1.82) is 0 Å². The third-order valence-electron chi connectivity index (χ3n) is 3.74. The van der Waals surface area contributed by atoms with Gasteiger partial charge in [-0.3, -0.25) is 9.59 Å². The van der Waals surface area contributed by atoms with Gasteiger partial charge < -0.3 is 9.88 Å². The Balaban J connectivity index is 1.64. The van der Waals surface area contributed by atoms with E-state index in [4.69, 9.17) is 0 Å². The van der Waals surface area contributed by atoms with Gasteiger partial charge in [0, 0.05) is 43.9 Å². The van der Waals surface area contributed by atoms with Gasteiger partial charge in [-0.25, -0.2) is 4.98 Å². The minimum Gasteiger partial charge on any atom is -0.356 e. The third kappa shape index (κ3) is 5.70. The van der Waals surface area contributed by atoms with Gasteiger partial charge in [0.2, 0.25) is 5.91 Å². The van der Waals surface area contributed by atoms with Gasteiger partial charge in [0.1, 0.15) is 0 Å². The highest BCUT2D eigenvalue weighted by molar-refractivity contribution is 5.97. The molecule has 0 saturated heterocycles. The number of benzene rings is 1. The molecule has 5 heteroatoms. The van der Waals surface area contributed by atoms with Crippen molar-refractivity contribution in [1.82, 2.24) is 14.9 Å². The zero-order valence-corrected chi connectivity index (χ0v) is 13.5. The number of imidazole rings is 1. The van der Waals surface area contributed by atoms with E-state index >= 15 is 0 Å². The molecule has 0 fully saturated rings. The molecule has 0 unspecified atom stereocenters. The molecule has 0 atom stereocenters. The number of carbonyl (C=O) groups excluding carboxylic acids is 2. The lowest BCUT2D eigenvalue weighted by atomic mass is 10.0. The van der Waals surface area contributed by atoms with Gasteiger partial charge in [-0.15, -0.1) is 0 Å². The predicted octanol–water partition coefficient (Wildman–Crippen LogP) is 2.61. The standard InChI is InChI=1S/C18H23N3O2/c1-2-15-4-6-16(7-5-15)17(22)8-9-18(23)20-10-3-12-21-13-11-19-14-21/h4-7,11,13-14H,2-3,8-10,12H2,1H3,(H,20,23). The third-order valence-corrected chi connectivity index (χ3v) is 3.74. The smallest absolute Gasteiger partial charge is 0.220 e. The van der Waals surface area contributed by atoms with E-state index in [0.29, 0.717) is 12.1 Å². The Kier molecular flexibility index (Phi) is 6.54. The van der Waals surface area contributed by atoms with Crippen LogP contribution in [-0.2, 0) is 17.8 Å². The molecule has 0 radical (unpaired) electrons. The first kappa shape index (κ1) is 16.9. The van der Waals surface area contributed by atoms with Gasteiger partial charge >= 0.3 is 0 Å². The van der Waals surface area contributed by atoms with Gasteiger partial charge in [-0.2, -0.15) is 0 Å². The maximum atomic E-state index is 12.0. The van der Waals surface area contributed by atoms with Gasteiger partial charge in [0.05, 0.1) is 6.33 Å². The van der Waals surface area contributed by atoms with E-state index in [-0.39, 0.29) is 24.5 Å². The van der Waals surface area contributed by atoms with Crippen LogP contribution in [0, 0.1) is 0 Å². The fraction of sp³-hybridized carbons (Fsp3) is 0.389. The summed E-state index contributed by atoms with van der Waals surface area (Å²) in [6, 6.07) is 7.60. The number of hydrogen-bond donors (Lipinski definition) is 1. The number of hydrogen-bond acceptors (Lipinski definition) is 3. The van der Waals surface area contributed by atoms with E-state index in [2.05, 4.69) is 17.2 Å². The summed E-state index contributed by atoms with van der Waals surface area (Å²) in [7, 11) is 0. The Bertz CT molecular complexity index is 618. The van der Waals surface area contributed by atoms with Gasteiger partial charge in [-0.1, -0.05) is 31.2 Å². The monoisotopic (exact) mass is 313 g/mol. The summed E-state index contributed by atoms with van der Waals surface area (Å²) in [6.45, 7) is 3.51. The maximum Gasteiger partial charge on any atom is 0.220 e. The molecule has 1 aromatic carbocycles. The molecule has 5 nitrogen and oxygen atoms in total. The Hall–Kier alpha value is -2.43. The molecule has 0 bridgehead atoms. The number of Topliss-reactive ketones (excluding diaryl/α,β-unsaturated/α-hetero) is 1. The second kappa shape index (κ2) is 8.88. The van der Waals surface area contributed by atoms with E-state index in [9.17, 15) is 9.59 Å². The average molecular weight is 313 g/mol. The van der Waals surface area contributed by atoms with Crippen molar-refractivity contribution in [2.75, 3.05) is 6.54 Å². The highest BCUT2D eigenvalue weighted by atomic mass is 16.2. The molecule has 2 aromatic rings. The number of ketones is 1. The second-order valence-corrected chi connectivity index (χ2v) is 5.48. The highest BCUT2D eigenvalue weighted by Gasteiger charge is 2.09. The van der Waals surface area contributed by atoms with Crippen LogP contribution in [0.2, 0.25) is 0 Å². The lowest BCUT2D eigenvalue weighted by molar-refractivity contribution is -0.121. The van der Waals surface area contributed by atoms with Crippen molar-refractivity contribution in [3.63, 3.8) is 0 Å². The van der Waals surface area contributed by atoms with Crippen LogP contribution >= 0.6 is 0 Å². The Morgan fingerprint density at radius 3 is 2.61 bits per heavy atom. The molecule has 122 valence electrons. The van der Waals surface area contributed by atoms with Crippen LogP contribution in [-0.4, -0.2) is 27.8 Å². The molecular formula is C18H23N3O2. The number of nitrogens with zero attached hydrogens (tertiary/aromatic N) is 2. The van der Waals surface area contributed by atoms with Crippen LogP contribution in [0.5, 0.6) is 0 Å². The maximum absolute atomic E-state index is 12.0. The zero-order valence-electron chi connectivity index (χ0n) is 13.5. The highest BCUT2D eigenvalue weighted by Crippen LogP contribution is 2.08. The minimum atomic E-state index is -0.0749. The fourth-order valence-electron chi connectivity index (χ4n) is 2.29. The molecule has 0 spiro atoms. The first-order valence-corrected chi connectivity index (χ1v) is 8.03. The summed E-state index contributed by atoms with van der Waals surface area (Å²) in [5.74, 6) is -0.0598.